The first-order valence-electron chi connectivity index (χ1n) is 14.4. The summed E-state index contributed by atoms with van der Waals surface area (Å²) in [5.74, 6) is -0.121. The van der Waals surface area contributed by atoms with E-state index < -0.39 is 0 Å². The summed E-state index contributed by atoms with van der Waals surface area (Å²) in [5, 5.41) is 3.25. The summed E-state index contributed by atoms with van der Waals surface area (Å²) >= 11 is 1.39. The van der Waals surface area contributed by atoms with Gasteiger partial charge in [0, 0.05) is 56.9 Å². The highest BCUT2D eigenvalue weighted by Crippen LogP contribution is 2.29. The maximum atomic E-state index is 12.9. The number of fused-ring (bicyclic) bond motifs is 1. The zero-order valence-electron chi connectivity index (χ0n) is 24.1. The fourth-order valence-electron chi connectivity index (χ4n) is 5.26. The number of nitrogens with one attached hydrogen (secondary N) is 1. The van der Waals surface area contributed by atoms with Crippen molar-refractivity contribution in [2.45, 2.75) is 25.8 Å². The number of thiazole rings is 1. The predicted molar refractivity (Wildman–Crippen MR) is 163 cm³/mol. The number of carbonyl (C=O) groups is 3. The van der Waals surface area contributed by atoms with E-state index in [9.17, 15) is 14.4 Å². The number of ether oxygens (including phenoxy) is 2. The summed E-state index contributed by atoms with van der Waals surface area (Å²) in [6.45, 7) is 7.65. The topological polar surface area (TPSA) is 104 Å². The number of carbonyl (C=O) groups excluding carboxylic acids is 3. The molecule has 10 nitrogen and oxygen atoms in total. The predicted octanol–water partition coefficient (Wildman–Crippen LogP) is 3.69. The van der Waals surface area contributed by atoms with Gasteiger partial charge < -0.3 is 19.3 Å². The summed E-state index contributed by atoms with van der Waals surface area (Å²) in [4.78, 5) is 49.3. The molecule has 5 rings (SSSR count). The minimum Gasteiger partial charge on any atom is -0.490 e. The number of piperazine rings is 1. The van der Waals surface area contributed by atoms with Crippen LogP contribution in [0.2, 0.25) is 0 Å². The lowest BCUT2D eigenvalue weighted by atomic mass is 10.0. The number of hydrogen-bond donors (Lipinski definition) is 1. The molecule has 0 radical (unpaired) electrons. The Morgan fingerprint density at radius 2 is 1.74 bits per heavy atom. The average molecular weight is 592 g/mol. The van der Waals surface area contributed by atoms with Gasteiger partial charge in [-0.15, -0.1) is 0 Å². The van der Waals surface area contributed by atoms with E-state index >= 15 is 0 Å². The lowest BCUT2D eigenvalue weighted by molar-refractivity contribution is -0.127. The normalized spacial score (nSPS) is 17.0. The highest BCUT2D eigenvalue weighted by molar-refractivity contribution is 7.22. The molecule has 0 saturated carbocycles. The van der Waals surface area contributed by atoms with Crippen molar-refractivity contribution in [3.05, 3.63) is 60.2 Å². The largest absolute Gasteiger partial charge is 0.490 e. The lowest BCUT2D eigenvalue weighted by Crippen LogP contribution is -2.52. The first-order valence-corrected chi connectivity index (χ1v) is 15.2. The van der Waals surface area contributed by atoms with E-state index in [0.29, 0.717) is 47.9 Å². The molecule has 0 bridgehead atoms. The smallest absolute Gasteiger partial charge is 0.264 e. The number of benzene rings is 2. The molecule has 1 aromatic heterocycles. The molecule has 222 valence electrons. The first kappa shape index (κ1) is 29.7. The molecule has 0 spiro atoms. The van der Waals surface area contributed by atoms with Crippen LogP contribution in [0.4, 0.5) is 5.13 Å². The average Bonchev–Trinajstić information content (AvgIpc) is 3.42. The van der Waals surface area contributed by atoms with E-state index in [1.54, 1.807) is 18.2 Å². The molecule has 0 unspecified atom stereocenters. The number of rotatable bonds is 10. The number of likely N-dealkylation sites (N-methyl/N-ethyl adjacent to an activating group) is 1. The van der Waals surface area contributed by atoms with Crippen molar-refractivity contribution >= 4 is 44.3 Å². The molecule has 2 aromatic carbocycles. The maximum Gasteiger partial charge on any atom is 0.264 e. The fourth-order valence-corrected chi connectivity index (χ4v) is 6.14. The third kappa shape index (κ3) is 7.53. The van der Waals surface area contributed by atoms with Crippen LogP contribution in [0.1, 0.15) is 30.1 Å². The van der Waals surface area contributed by atoms with Crippen LogP contribution in [-0.4, -0.2) is 103 Å². The molecular weight excluding hydrogens is 554 g/mol. The number of aromatic nitrogens is 1. The van der Waals surface area contributed by atoms with Crippen LogP contribution in [0, 0.1) is 0 Å². The number of anilines is 1. The van der Waals surface area contributed by atoms with Crippen molar-refractivity contribution in [3.8, 4) is 11.5 Å². The number of amides is 2. The van der Waals surface area contributed by atoms with Gasteiger partial charge in [0.2, 0.25) is 5.91 Å². The van der Waals surface area contributed by atoms with Gasteiger partial charge in [-0.3, -0.25) is 24.6 Å². The van der Waals surface area contributed by atoms with E-state index in [4.69, 9.17) is 9.47 Å². The van der Waals surface area contributed by atoms with E-state index in [-0.39, 0.29) is 24.2 Å². The van der Waals surface area contributed by atoms with Crippen molar-refractivity contribution < 1.29 is 23.9 Å². The quantitative estimate of drug-likeness (QED) is 0.281. The molecule has 1 N–H and O–H groups in total. The molecule has 11 heteroatoms. The maximum absolute atomic E-state index is 12.9. The summed E-state index contributed by atoms with van der Waals surface area (Å²) in [7, 11) is 2.15. The van der Waals surface area contributed by atoms with Crippen LogP contribution in [-0.2, 0) is 9.59 Å². The van der Waals surface area contributed by atoms with Gasteiger partial charge in [-0.05, 0) is 63.2 Å². The van der Waals surface area contributed by atoms with Gasteiger partial charge in [0.15, 0.2) is 29.0 Å². The molecule has 3 heterocycles. The number of likely N-dealkylation sites (tertiary alicyclic amines) is 1. The van der Waals surface area contributed by atoms with Crippen molar-refractivity contribution in [1.29, 1.82) is 0 Å². The Morgan fingerprint density at radius 3 is 2.48 bits per heavy atom. The Balaban J connectivity index is 1.12. The van der Waals surface area contributed by atoms with Crippen LogP contribution < -0.4 is 14.8 Å². The number of hydrogen-bond acceptors (Lipinski definition) is 9. The van der Waals surface area contributed by atoms with Gasteiger partial charge in [-0.1, -0.05) is 23.5 Å². The van der Waals surface area contributed by atoms with Gasteiger partial charge in [-0.2, -0.15) is 0 Å². The zero-order valence-corrected chi connectivity index (χ0v) is 24.9. The zero-order chi connectivity index (χ0) is 29.5. The SMILES string of the molecule is CCOc1cc(C(=O)C=CC(=O)N2CCC(N3CCN(C)CC3)CC2)ccc1OCC(=O)Nc1nc2ccccc2s1. The monoisotopic (exact) mass is 591 g/mol. The summed E-state index contributed by atoms with van der Waals surface area (Å²) in [5.41, 5.74) is 1.18. The van der Waals surface area contributed by atoms with Gasteiger partial charge in [0.1, 0.15) is 0 Å². The molecule has 2 saturated heterocycles. The van der Waals surface area contributed by atoms with Crippen LogP contribution in [0.3, 0.4) is 0 Å². The molecule has 0 atom stereocenters. The molecule has 2 aliphatic rings. The lowest BCUT2D eigenvalue weighted by Gasteiger charge is -2.41. The van der Waals surface area contributed by atoms with E-state index in [2.05, 4.69) is 27.1 Å². The number of nitrogens with zero attached hydrogens (tertiary/aromatic N) is 4. The van der Waals surface area contributed by atoms with Crippen molar-refractivity contribution in [2.75, 3.05) is 64.8 Å². The van der Waals surface area contributed by atoms with Gasteiger partial charge in [-0.25, -0.2) is 4.98 Å². The number of piperidine rings is 1. The second-order valence-corrected chi connectivity index (χ2v) is 11.5. The third-order valence-electron chi connectivity index (χ3n) is 7.63. The van der Waals surface area contributed by atoms with Crippen LogP contribution in [0.5, 0.6) is 11.5 Å². The Hall–Kier alpha value is -3.80. The molecule has 0 aliphatic carbocycles. The third-order valence-corrected chi connectivity index (χ3v) is 8.59. The highest BCUT2D eigenvalue weighted by Gasteiger charge is 2.28. The minimum absolute atomic E-state index is 0.149. The van der Waals surface area contributed by atoms with Gasteiger partial charge in [0.05, 0.1) is 16.8 Å². The molecule has 2 amide bonds. The van der Waals surface area contributed by atoms with Crippen molar-refractivity contribution in [1.82, 2.24) is 19.7 Å². The van der Waals surface area contributed by atoms with E-state index in [1.165, 1.54) is 23.5 Å². The second kappa shape index (κ2) is 13.9. The summed E-state index contributed by atoms with van der Waals surface area (Å²) in [6.07, 6.45) is 4.58. The minimum atomic E-state index is -0.356. The van der Waals surface area contributed by atoms with Crippen LogP contribution in [0.25, 0.3) is 10.2 Å². The Morgan fingerprint density at radius 1 is 0.976 bits per heavy atom. The number of allylic oxidation sites excluding steroid dienone is 1. The standard InChI is InChI=1S/C31H37N5O5S/c1-3-40-27-20-22(8-10-26(27)41-21-29(38)33-31-32-24-6-4-5-7-28(24)42-31)25(37)9-11-30(39)36-14-12-23(13-15-36)35-18-16-34(2)17-19-35/h4-11,20,23H,3,12-19,21H2,1-2H3,(H,32,33,38). The van der Waals surface area contributed by atoms with Crippen molar-refractivity contribution in [2.24, 2.45) is 0 Å². The van der Waals surface area contributed by atoms with E-state index in [1.807, 2.05) is 36.1 Å². The Labute approximate surface area is 249 Å². The number of para-hydroxylation sites is 1. The Kier molecular flexibility index (Phi) is 9.83. The second-order valence-electron chi connectivity index (χ2n) is 10.5. The Bertz CT molecular complexity index is 1410. The van der Waals surface area contributed by atoms with Crippen molar-refractivity contribution in [3.63, 3.8) is 0 Å². The first-order chi connectivity index (χ1) is 20.4. The molecular formula is C31H37N5O5S. The van der Waals surface area contributed by atoms with E-state index in [0.717, 1.165) is 49.2 Å². The molecule has 42 heavy (non-hydrogen) atoms. The highest BCUT2D eigenvalue weighted by atomic mass is 32.1. The summed E-state index contributed by atoms with van der Waals surface area (Å²) < 4.78 is 12.4. The molecule has 2 fully saturated rings. The van der Waals surface area contributed by atoms with Crippen LogP contribution in [0.15, 0.2) is 54.6 Å². The van der Waals surface area contributed by atoms with Gasteiger partial charge >= 0.3 is 0 Å². The summed E-state index contributed by atoms with van der Waals surface area (Å²) in [6, 6.07) is 12.9. The van der Waals surface area contributed by atoms with Gasteiger partial charge in [0.25, 0.3) is 5.91 Å². The molecule has 3 aromatic rings. The fraction of sp³-hybridized carbons (Fsp3) is 0.419. The molecule has 2 aliphatic heterocycles. The number of ketones is 1. The van der Waals surface area contributed by atoms with Crippen LogP contribution >= 0.6 is 11.3 Å².